The number of amides is 2. The number of urea groups is 1. The van der Waals surface area contributed by atoms with Crippen LogP contribution in [-0.2, 0) is 17.8 Å². The Hall–Kier alpha value is -2.64. The number of carbonyl (C=O) groups excluding carboxylic acids is 1. The number of nitrogens with zero attached hydrogens (tertiary/aromatic N) is 2. The number of ether oxygens (including phenoxy) is 2. The van der Waals surface area contributed by atoms with E-state index in [1.165, 1.54) is 5.56 Å². The topological polar surface area (TPSA) is 75.7 Å². The normalized spacial score (nSPS) is 10.7. The zero-order valence-electron chi connectivity index (χ0n) is 16.2. The van der Waals surface area contributed by atoms with Gasteiger partial charge >= 0.3 is 6.03 Å². The van der Waals surface area contributed by atoms with Gasteiger partial charge in [0.1, 0.15) is 6.61 Å². The van der Waals surface area contributed by atoms with Gasteiger partial charge < -0.3 is 25.0 Å². The monoisotopic (exact) mass is 372 g/mol. The fourth-order valence-electron chi connectivity index (χ4n) is 2.39. The molecule has 0 aliphatic heterocycles. The summed E-state index contributed by atoms with van der Waals surface area (Å²) >= 11 is 0. The number of aromatic nitrogens is 1. The van der Waals surface area contributed by atoms with Gasteiger partial charge in [0.2, 0.25) is 5.88 Å². The first-order valence-electron chi connectivity index (χ1n) is 8.99. The number of methoxy groups -OCH3 is 1. The average Bonchev–Trinajstić information content (AvgIpc) is 2.68. The molecule has 2 rings (SSSR count). The number of carbonyl (C=O) groups is 1. The Morgan fingerprint density at radius 1 is 1.19 bits per heavy atom. The number of nitrogens with one attached hydrogen (secondary N) is 2. The summed E-state index contributed by atoms with van der Waals surface area (Å²) in [5.41, 5.74) is 2.89. The SMILES string of the molecule is CCN(C)Cc1cccc(CNC(=O)Nc2ccc(OCCOC)nc2)c1. The molecule has 146 valence electrons. The first kappa shape index (κ1) is 20.7. The number of hydrogen-bond donors (Lipinski definition) is 2. The highest BCUT2D eigenvalue weighted by atomic mass is 16.5. The largest absolute Gasteiger partial charge is 0.475 e. The molecule has 0 radical (unpaired) electrons. The second-order valence-corrected chi connectivity index (χ2v) is 6.18. The van der Waals surface area contributed by atoms with Crippen LogP contribution in [0.2, 0.25) is 0 Å². The van der Waals surface area contributed by atoms with Crippen molar-refractivity contribution in [2.24, 2.45) is 0 Å². The molecule has 0 spiro atoms. The van der Waals surface area contributed by atoms with E-state index >= 15 is 0 Å². The molecule has 2 amide bonds. The van der Waals surface area contributed by atoms with Crippen molar-refractivity contribution in [3.63, 3.8) is 0 Å². The second-order valence-electron chi connectivity index (χ2n) is 6.18. The van der Waals surface area contributed by atoms with Crippen molar-refractivity contribution in [2.45, 2.75) is 20.0 Å². The van der Waals surface area contributed by atoms with Gasteiger partial charge in [0, 0.05) is 26.3 Å². The summed E-state index contributed by atoms with van der Waals surface area (Å²) in [4.78, 5) is 18.5. The standard InChI is InChI=1S/C20H28N4O3/c1-4-24(2)15-17-7-5-6-16(12-17)13-22-20(25)23-18-8-9-19(21-14-18)27-11-10-26-3/h5-9,12,14H,4,10-11,13,15H2,1-3H3,(H2,22,23,25). The fourth-order valence-corrected chi connectivity index (χ4v) is 2.39. The molecule has 7 heteroatoms. The Morgan fingerprint density at radius 3 is 2.70 bits per heavy atom. The Kier molecular flexibility index (Phi) is 8.54. The van der Waals surface area contributed by atoms with Gasteiger partial charge in [-0.3, -0.25) is 0 Å². The molecule has 2 N–H and O–H groups in total. The van der Waals surface area contributed by atoms with Crippen molar-refractivity contribution >= 4 is 11.7 Å². The summed E-state index contributed by atoms with van der Waals surface area (Å²) in [6.45, 7) is 5.41. The van der Waals surface area contributed by atoms with E-state index in [2.05, 4.69) is 46.6 Å². The van der Waals surface area contributed by atoms with Crippen molar-refractivity contribution < 1.29 is 14.3 Å². The summed E-state index contributed by atoms with van der Waals surface area (Å²) in [6.07, 6.45) is 1.56. The lowest BCUT2D eigenvalue weighted by Crippen LogP contribution is -2.28. The summed E-state index contributed by atoms with van der Waals surface area (Å²) < 4.78 is 10.3. The molecule has 0 aliphatic rings. The highest BCUT2D eigenvalue weighted by Crippen LogP contribution is 2.12. The number of rotatable bonds is 10. The molecule has 1 aromatic heterocycles. The second kappa shape index (κ2) is 11.2. The van der Waals surface area contributed by atoms with Gasteiger partial charge in [-0.2, -0.15) is 0 Å². The summed E-state index contributed by atoms with van der Waals surface area (Å²) in [7, 11) is 3.70. The molecule has 0 bridgehead atoms. The lowest BCUT2D eigenvalue weighted by atomic mass is 10.1. The van der Waals surface area contributed by atoms with Crippen LogP contribution in [0.4, 0.5) is 10.5 Å². The molecule has 0 unspecified atom stereocenters. The highest BCUT2D eigenvalue weighted by Gasteiger charge is 2.04. The maximum atomic E-state index is 12.1. The van der Waals surface area contributed by atoms with E-state index in [4.69, 9.17) is 9.47 Å². The minimum Gasteiger partial charge on any atom is -0.475 e. The first-order valence-corrected chi connectivity index (χ1v) is 8.99. The van der Waals surface area contributed by atoms with Crippen molar-refractivity contribution in [3.05, 3.63) is 53.7 Å². The minimum atomic E-state index is -0.277. The molecular weight excluding hydrogens is 344 g/mol. The van der Waals surface area contributed by atoms with E-state index in [9.17, 15) is 4.79 Å². The Balaban J connectivity index is 1.79. The van der Waals surface area contributed by atoms with Crippen LogP contribution in [0.15, 0.2) is 42.6 Å². The zero-order chi connectivity index (χ0) is 19.5. The van der Waals surface area contributed by atoms with E-state index in [1.54, 1.807) is 25.4 Å². The number of hydrogen-bond acceptors (Lipinski definition) is 5. The molecule has 7 nitrogen and oxygen atoms in total. The van der Waals surface area contributed by atoms with Crippen molar-refractivity contribution in [2.75, 3.05) is 39.2 Å². The summed E-state index contributed by atoms with van der Waals surface area (Å²) in [6, 6.07) is 11.4. The van der Waals surface area contributed by atoms with E-state index < -0.39 is 0 Å². The Labute approximate surface area is 160 Å². The quantitative estimate of drug-likeness (QED) is 0.627. The van der Waals surface area contributed by atoms with Crippen molar-refractivity contribution in [3.8, 4) is 5.88 Å². The molecular formula is C20H28N4O3. The van der Waals surface area contributed by atoms with Crippen LogP contribution in [-0.4, -0.2) is 49.8 Å². The predicted molar refractivity (Wildman–Crippen MR) is 106 cm³/mol. The summed E-state index contributed by atoms with van der Waals surface area (Å²) in [5, 5.41) is 5.62. The maximum absolute atomic E-state index is 12.1. The van der Waals surface area contributed by atoms with Gasteiger partial charge in [0.05, 0.1) is 18.5 Å². The molecule has 0 fully saturated rings. The molecule has 1 aromatic carbocycles. The summed E-state index contributed by atoms with van der Waals surface area (Å²) in [5.74, 6) is 0.492. The molecule has 2 aromatic rings. The van der Waals surface area contributed by atoms with Crippen molar-refractivity contribution in [1.29, 1.82) is 0 Å². The van der Waals surface area contributed by atoms with Crippen LogP contribution in [0, 0.1) is 0 Å². The van der Waals surface area contributed by atoms with Crippen LogP contribution < -0.4 is 15.4 Å². The third kappa shape index (κ3) is 7.64. The van der Waals surface area contributed by atoms with Crippen LogP contribution in [0.5, 0.6) is 5.88 Å². The van der Waals surface area contributed by atoms with Gasteiger partial charge in [0.25, 0.3) is 0 Å². The Bertz CT molecular complexity index is 707. The van der Waals surface area contributed by atoms with Gasteiger partial charge in [0.15, 0.2) is 0 Å². The molecule has 0 atom stereocenters. The van der Waals surface area contributed by atoms with E-state index in [0.29, 0.717) is 31.3 Å². The van der Waals surface area contributed by atoms with Gasteiger partial charge in [-0.05, 0) is 30.8 Å². The third-order valence-corrected chi connectivity index (χ3v) is 3.97. The van der Waals surface area contributed by atoms with E-state index in [1.807, 2.05) is 12.1 Å². The predicted octanol–water partition coefficient (Wildman–Crippen LogP) is 2.88. The Morgan fingerprint density at radius 2 is 2.00 bits per heavy atom. The van der Waals surface area contributed by atoms with Crippen LogP contribution in [0.3, 0.4) is 0 Å². The molecule has 0 aliphatic carbocycles. The van der Waals surface area contributed by atoms with Gasteiger partial charge in [-0.25, -0.2) is 9.78 Å². The van der Waals surface area contributed by atoms with Gasteiger partial charge in [-0.15, -0.1) is 0 Å². The zero-order valence-corrected chi connectivity index (χ0v) is 16.2. The molecule has 0 saturated heterocycles. The highest BCUT2D eigenvalue weighted by molar-refractivity contribution is 5.88. The first-order chi connectivity index (χ1) is 13.1. The molecule has 0 saturated carbocycles. The lowest BCUT2D eigenvalue weighted by molar-refractivity contribution is 0.144. The maximum Gasteiger partial charge on any atom is 0.319 e. The molecule has 1 heterocycles. The van der Waals surface area contributed by atoms with E-state index in [0.717, 1.165) is 18.7 Å². The number of benzene rings is 1. The fraction of sp³-hybridized carbons (Fsp3) is 0.400. The minimum absolute atomic E-state index is 0.277. The third-order valence-electron chi connectivity index (χ3n) is 3.97. The number of pyridine rings is 1. The van der Waals surface area contributed by atoms with Gasteiger partial charge in [-0.1, -0.05) is 31.2 Å². The van der Waals surface area contributed by atoms with Crippen LogP contribution >= 0.6 is 0 Å². The van der Waals surface area contributed by atoms with E-state index in [-0.39, 0.29) is 6.03 Å². The lowest BCUT2D eigenvalue weighted by Gasteiger charge is -2.14. The molecule has 27 heavy (non-hydrogen) atoms. The van der Waals surface area contributed by atoms with Crippen molar-refractivity contribution in [1.82, 2.24) is 15.2 Å². The smallest absolute Gasteiger partial charge is 0.319 e. The average molecular weight is 372 g/mol. The van der Waals surface area contributed by atoms with Crippen LogP contribution in [0.1, 0.15) is 18.1 Å². The van der Waals surface area contributed by atoms with Crippen LogP contribution in [0.25, 0.3) is 0 Å². The number of anilines is 1.